The quantitative estimate of drug-likeness (QED) is 0.116. The topological polar surface area (TPSA) is 305 Å². The molecule has 1 rings (SSSR count). The van der Waals surface area contributed by atoms with Gasteiger partial charge in [0, 0.05) is 49.3 Å². The van der Waals surface area contributed by atoms with E-state index in [1.807, 2.05) is 55.4 Å². The van der Waals surface area contributed by atoms with E-state index < -0.39 is 174 Å². The summed E-state index contributed by atoms with van der Waals surface area (Å²) >= 11 is 0. The minimum atomic E-state index is -1.68. The summed E-state index contributed by atoms with van der Waals surface area (Å²) in [5, 5.41) is 23.2. The Morgan fingerprint density at radius 3 is 1.31 bits per heavy atom. The number of nitrogens with zero attached hydrogens (tertiary/aromatic N) is 7. The number of rotatable bonds is 19. The molecule has 0 aromatic carbocycles. The number of nitrogens with one attached hydrogen (secondary N) is 4. The second-order valence-electron chi connectivity index (χ2n) is 27.5. The number of carbonyl (C=O) groups excluding carboxylic acids is 12. The van der Waals surface area contributed by atoms with Gasteiger partial charge in [0.25, 0.3) is 0 Å². The van der Waals surface area contributed by atoms with Crippen LogP contribution in [0.25, 0.3) is 0 Å². The molecule has 25 heteroatoms. The van der Waals surface area contributed by atoms with E-state index >= 15 is 24.0 Å². The molecule has 0 radical (unpaired) electrons. The van der Waals surface area contributed by atoms with Crippen molar-refractivity contribution < 1.29 is 67.4 Å². The highest BCUT2D eigenvalue weighted by Gasteiger charge is 2.46. The second-order valence-corrected chi connectivity index (χ2v) is 27.5. The molecule has 13 atom stereocenters. The lowest BCUT2D eigenvalue weighted by Gasteiger charge is -2.41. The lowest BCUT2D eigenvalue weighted by molar-refractivity contribution is -0.157. The molecule has 91 heavy (non-hydrogen) atoms. The van der Waals surface area contributed by atoms with Gasteiger partial charge in [0.15, 0.2) is 5.78 Å². The van der Waals surface area contributed by atoms with Crippen LogP contribution in [0.1, 0.15) is 163 Å². The second kappa shape index (κ2) is 37.9. The third-order valence-electron chi connectivity index (χ3n) is 17.0. The maximum Gasteiger partial charge on any atom is 0.248 e. The Balaban J connectivity index is 4.52. The van der Waals surface area contributed by atoms with Gasteiger partial charge in [-0.05, 0) is 108 Å². The normalized spacial score (nSPS) is 26.7. The van der Waals surface area contributed by atoms with Gasteiger partial charge < -0.3 is 65.4 Å². The molecule has 0 aromatic heterocycles. The van der Waals surface area contributed by atoms with Crippen LogP contribution in [0.4, 0.5) is 0 Å². The van der Waals surface area contributed by atoms with Crippen molar-refractivity contribution in [2.24, 2.45) is 41.4 Å². The van der Waals surface area contributed by atoms with E-state index in [9.17, 15) is 38.7 Å². The molecule has 520 valence electrons. The van der Waals surface area contributed by atoms with E-state index in [1.165, 1.54) is 89.7 Å². The molecular formula is C66H117N11O14. The molecule has 1 fully saturated rings. The van der Waals surface area contributed by atoms with Crippen LogP contribution >= 0.6 is 0 Å². The third kappa shape index (κ3) is 23.5. The van der Waals surface area contributed by atoms with Crippen LogP contribution in [0.5, 0.6) is 0 Å². The number of likely N-dealkylation sites (N-methyl/N-ethyl adjacent to an activating group) is 7. The highest BCUT2D eigenvalue weighted by molar-refractivity contribution is 6.00. The number of Topliss-reactive ketones (excluding diaryl/α,β-unsaturated/α-hetero) is 1. The number of aliphatic hydroxyl groups is 1. The summed E-state index contributed by atoms with van der Waals surface area (Å²) < 4.78 is 5.72. The maximum atomic E-state index is 15.3. The zero-order chi connectivity index (χ0) is 70.5. The Morgan fingerprint density at radius 1 is 0.473 bits per heavy atom. The van der Waals surface area contributed by atoms with Crippen molar-refractivity contribution in [2.45, 2.75) is 236 Å². The molecule has 1 saturated heterocycles. The van der Waals surface area contributed by atoms with Crippen LogP contribution < -0.4 is 21.3 Å². The Kier molecular flexibility index (Phi) is 34.3. The van der Waals surface area contributed by atoms with Crippen LogP contribution in [-0.2, 0) is 62.3 Å². The van der Waals surface area contributed by atoms with E-state index in [0.717, 1.165) is 14.7 Å². The number of amides is 11. The van der Waals surface area contributed by atoms with Crippen molar-refractivity contribution >= 4 is 70.8 Å². The summed E-state index contributed by atoms with van der Waals surface area (Å²) in [5.41, 5.74) is 0. The minimum Gasteiger partial charge on any atom is -0.390 e. The molecule has 0 unspecified atom stereocenters. The summed E-state index contributed by atoms with van der Waals surface area (Å²) in [5.74, 6) is -11.1. The largest absolute Gasteiger partial charge is 0.390 e. The fourth-order valence-corrected chi connectivity index (χ4v) is 11.3. The van der Waals surface area contributed by atoms with E-state index in [0.29, 0.717) is 0 Å². The molecule has 1 aliphatic heterocycles. The molecular weight excluding hydrogens is 1170 g/mol. The number of hydrogen-bond donors (Lipinski definition) is 5. The number of aliphatic hydroxyl groups excluding tert-OH is 1. The Morgan fingerprint density at radius 2 is 0.868 bits per heavy atom. The van der Waals surface area contributed by atoms with Crippen molar-refractivity contribution in [1.29, 1.82) is 0 Å². The van der Waals surface area contributed by atoms with Crippen LogP contribution in [0.15, 0.2) is 12.2 Å². The summed E-state index contributed by atoms with van der Waals surface area (Å²) in [7, 11) is 9.70. The van der Waals surface area contributed by atoms with Crippen LogP contribution in [0.3, 0.4) is 0 Å². The number of allylic oxidation sites excluding steroid dienone is 2. The Bertz CT molecular complexity index is 2520. The predicted molar refractivity (Wildman–Crippen MR) is 349 cm³/mol. The van der Waals surface area contributed by atoms with Gasteiger partial charge in [-0.2, -0.15) is 0 Å². The van der Waals surface area contributed by atoms with Crippen molar-refractivity contribution in [3.8, 4) is 0 Å². The molecule has 1 heterocycles. The van der Waals surface area contributed by atoms with Gasteiger partial charge in [-0.15, -0.1) is 0 Å². The van der Waals surface area contributed by atoms with Gasteiger partial charge in [-0.1, -0.05) is 109 Å². The molecule has 0 aromatic rings. The minimum absolute atomic E-state index is 0.0599. The van der Waals surface area contributed by atoms with E-state index in [-0.39, 0.29) is 62.2 Å². The van der Waals surface area contributed by atoms with Crippen molar-refractivity contribution in [1.82, 2.24) is 55.6 Å². The first kappa shape index (κ1) is 82.5. The monoisotopic (exact) mass is 1290 g/mol. The lowest BCUT2D eigenvalue weighted by Crippen LogP contribution is -2.64. The predicted octanol–water partition coefficient (Wildman–Crippen LogP) is 3.24. The first-order valence-electron chi connectivity index (χ1n) is 32.5. The third-order valence-corrected chi connectivity index (χ3v) is 17.0. The first-order chi connectivity index (χ1) is 42.0. The Labute approximate surface area is 543 Å². The highest BCUT2D eigenvalue weighted by atomic mass is 16.5. The van der Waals surface area contributed by atoms with Gasteiger partial charge in [-0.25, -0.2) is 0 Å². The van der Waals surface area contributed by atoms with Crippen molar-refractivity contribution in [2.75, 3.05) is 62.5 Å². The standard InChI is InChI=1S/C66H117N11O14/c1-26-28-29-42(15)55(79)54-59(83)69-46(27-2)61(85)75(23)51(35-91-34-43(16)78)64(88)71(19)48(31-37(5)6)58(82)70-52(40(11)12)65(89)72(20)47(30-36(3)4)57(81)67-44(17)56(80)68-45(18)60(84)73(21)49(32-38(7)8)62(86)74(22)50(33-39(9)10)63(87)76(24)53(41(13)14)66(90)77(54)25/h26,28,36-42,44-55,79H,27,29-35H2,1-25H3,(H,67,81)(H,68,80)(H,69,83)(H,70,82)/b28-26+/t42-,44+,45-,46+,47+,48+,49+,50+,51-,52+,53+,54+,55-/m1/s1. The summed E-state index contributed by atoms with van der Waals surface area (Å²) in [6.07, 6.45) is 2.64. The molecule has 0 aliphatic carbocycles. The van der Waals surface area contributed by atoms with E-state index in [1.54, 1.807) is 60.6 Å². The average Bonchev–Trinajstić information content (AvgIpc) is 0.906. The van der Waals surface area contributed by atoms with Gasteiger partial charge in [0.2, 0.25) is 65.0 Å². The fourth-order valence-electron chi connectivity index (χ4n) is 11.3. The fraction of sp³-hybridized carbons (Fsp3) is 0.788. The van der Waals surface area contributed by atoms with Gasteiger partial charge in [0.05, 0.1) is 12.7 Å². The molecule has 11 amide bonds. The molecule has 0 saturated carbocycles. The van der Waals surface area contributed by atoms with Crippen molar-refractivity contribution in [3.05, 3.63) is 12.2 Å². The van der Waals surface area contributed by atoms with E-state index in [4.69, 9.17) is 4.74 Å². The van der Waals surface area contributed by atoms with E-state index in [2.05, 4.69) is 21.3 Å². The zero-order valence-electron chi connectivity index (χ0n) is 59.7. The number of ether oxygens (including phenoxy) is 1. The summed E-state index contributed by atoms with van der Waals surface area (Å²) in [6.45, 7) is 29.8. The van der Waals surface area contributed by atoms with Gasteiger partial charge in [0.1, 0.15) is 73.1 Å². The average molecular weight is 1290 g/mol. The summed E-state index contributed by atoms with van der Waals surface area (Å²) in [6, 6.07) is -14.5. The summed E-state index contributed by atoms with van der Waals surface area (Å²) in [4.78, 5) is 183. The number of carbonyl (C=O) groups is 12. The van der Waals surface area contributed by atoms with Crippen LogP contribution in [-0.4, -0.2) is 245 Å². The first-order valence-corrected chi connectivity index (χ1v) is 32.5. The van der Waals surface area contributed by atoms with Gasteiger partial charge in [-0.3, -0.25) is 57.5 Å². The smallest absolute Gasteiger partial charge is 0.248 e. The van der Waals surface area contributed by atoms with Crippen LogP contribution in [0, 0.1) is 41.4 Å². The van der Waals surface area contributed by atoms with Crippen molar-refractivity contribution in [3.63, 3.8) is 0 Å². The molecule has 5 N–H and O–H groups in total. The van der Waals surface area contributed by atoms with Gasteiger partial charge >= 0.3 is 0 Å². The number of hydrogen-bond acceptors (Lipinski definition) is 14. The molecule has 0 bridgehead atoms. The van der Waals surface area contributed by atoms with Crippen LogP contribution in [0.2, 0.25) is 0 Å². The lowest BCUT2D eigenvalue weighted by atomic mass is 9.91. The molecule has 1 aliphatic rings. The molecule has 0 spiro atoms. The Hall–Kier alpha value is -6.50. The zero-order valence-corrected chi connectivity index (χ0v) is 59.7. The number of ketones is 1. The molecule has 25 nitrogen and oxygen atoms in total. The highest BCUT2D eigenvalue weighted by Crippen LogP contribution is 2.26. The SMILES string of the molecule is C/C=C/C[C@@H](C)[C@@H](O)[C@H]1C(=O)N[C@@H](CC)C(=O)N(C)[C@H](COCC(C)=O)C(=O)N(C)[C@@H](CC(C)C)C(=O)N[C@@H](C(C)C)C(=O)N(C)[C@@H](CC(C)C)C(=O)N[C@@H](C)C(=O)N[C@H](C)C(=O)N(C)[C@@H](CC(C)C)C(=O)N(C)[C@@H](CC(C)C)C(=O)N(C)[C@@H](C(C)C)C(=O)N1C. The maximum absolute atomic E-state index is 15.3.